The van der Waals surface area contributed by atoms with E-state index in [1.165, 1.54) is 5.57 Å². The van der Waals surface area contributed by atoms with Gasteiger partial charge in [0.2, 0.25) is 0 Å². The second-order valence-corrected chi connectivity index (χ2v) is 6.29. The molecule has 1 fully saturated rings. The molecule has 5 heteroatoms. The fourth-order valence-corrected chi connectivity index (χ4v) is 3.73. The predicted molar refractivity (Wildman–Crippen MR) is 78.3 cm³/mol. The summed E-state index contributed by atoms with van der Waals surface area (Å²) in [6.07, 6.45) is 3.93. The highest BCUT2D eigenvalue weighted by molar-refractivity contribution is 5.52. The third-order valence-electron chi connectivity index (χ3n) is 4.88. The van der Waals surface area contributed by atoms with E-state index in [0.29, 0.717) is 0 Å². The molecular formula is C17H17F2NO2. The SMILES string of the molecule is CC1=C[C@@H]2N(C)CCC2(c2ccc3c(c2)OC(F)(F)O3)C=C1. The van der Waals surface area contributed by atoms with Crippen LogP contribution in [0.1, 0.15) is 18.9 Å². The lowest BCUT2D eigenvalue weighted by Gasteiger charge is -2.36. The molecule has 0 saturated carbocycles. The lowest BCUT2D eigenvalue weighted by atomic mass is 9.71. The Morgan fingerprint density at radius 2 is 2.00 bits per heavy atom. The first-order valence-corrected chi connectivity index (χ1v) is 7.38. The number of halogens is 2. The molecule has 22 heavy (non-hydrogen) atoms. The molecule has 0 aromatic heterocycles. The van der Waals surface area contributed by atoms with Gasteiger partial charge in [-0.2, -0.15) is 0 Å². The van der Waals surface area contributed by atoms with Gasteiger partial charge < -0.3 is 9.47 Å². The highest BCUT2D eigenvalue weighted by atomic mass is 19.3. The Labute approximate surface area is 127 Å². The summed E-state index contributed by atoms with van der Waals surface area (Å²) in [6, 6.07) is 5.38. The molecule has 116 valence electrons. The Morgan fingerprint density at radius 3 is 2.82 bits per heavy atom. The van der Waals surface area contributed by atoms with E-state index in [4.69, 9.17) is 0 Å². The second kappa shape index (κ2) is 4.32. The predicted octanol–water partition coefficient (Wildman–Crippen LogP) is 3.47. The van der Waals surface area contributed by atoms with Crippen molar-refractivity contribution in [3.05, 3.63) is 47.6 Å². The molecule has 0 amide bonds. The minimum atomic E-state index is -3.57. The molecule has 4 rings (SSSR count). The van der Waals surface area contributed by atoms with E-state index >= 15 is 0 Å². The van der Waals surface area contributed by atoms with Crippen molar-refractivity contribution in [1.82, 2.24) is 4.90 Å². The van der Waals surface area contributed by atoms with Crippen molar-refractivity contribution in [1.29, 1.82) is 0 Å². The van der Waals surface area contributed by atoms with E-state index in [9.17, 15) is 8.78 Å². The molecule has 3 nitrogen and oxygen atoms in total. The number of allylic oxidation sites excluding steroid dienone is 2. The second-order valence-electron chi connectivity index (χ2n) is 6.29. The topological polar surface area (TPSA) is 21.7 Å². The molecule has 1 saturated heterocycles. The lowest BCUT2D eigenvalue weighted by molar-refractivity contribution is -0.286. The number of hydrogen-bond donors (Lipinski definition) is 0. The minimum Gasteiger partial charge on any atom is -0.395 e. The zero-order chi connectivity index (χ0) is 15.5. The zero-order valence-electron chi connectivity index (χ0n) is 12.5. The van der Waals surface area contributed by atoms with Gasteiger partial charge in [-0.15, -0.1) is 8.78 Å². The van der Waals surface area contributed by atoms with Gasteiger partial charge in [0.25, 0.3) is 0 Å². The number of nitrogens with zero attached hydrogens (tertiary/aromatic N) is 1. The summed E-state index contributed by atoms with van der Waals surface area (Å²) >= 11 is 0. The van der Waals surface area contributed by atoms with Gasteiger partial charge in [-0.25, -0.2) is 0 Å². The average molecular weight is 305 g/mol. The van der Waals surface area contributed by atoms with Gasteiger partial charge in [0.05, 0.1) is 0 Å². The van der Waals surface area contributed by atoms with Gasteiger partial charge >= 0.3 is 6.29 Å². The van der Waals surface area contributed by atoms with E-state index < -0.39 is 6.29 Å². The third-order valence-corrected chi connectivity index (χ3v) is 4.88. The molecular weight excluding hydrogens is 288 g/mol. The summed E-state index contributed by atoms with van der Waals surface area (Å²) in [5.74, 6) is 0.212. The summed E-state index contributed by atoms with van der Waals surface area (Å²) in [5, 5.41) is 0. The maximum Gasteiger partial charge on any atom is 0.586 e. The summed E-state index contributed by atoms with van der Waals surface area (Å²) < 4.78 is 35.5. The normalized spacial score (nSPS) is 32.0. The molecule has 3 aliphatic rings. The molecule has 1 unspecified atom stereocenters. The summed E-state index contributed by atoms with van der Waals surface area (Å²) in [4.78, 5) is 2.30. The van der Waals surface area contributed by atoms with Gasteiger partial charge in [-0.05, 0) is 44.6 Å². The first-order valence-electron chi connectivity index (χ1n) is 7.38. The van der Waals surface area contributed by atoms with Crippen molar-refractivity contribution in [2.45, 2.75) is 31.1 Å². The number of benzene rings is 1. The molecule has 2 aliphatic heterocycles. The molecule has 0 spiro atoms. The average Bonchev–Trinajstić information content (AvgIpc) is 2.95. The lowest BCUT2D eigenvalue weighted by Crippen LogP contribution is -2.39. The molecule has 1 aromatic carbocycles. The Bertz CT molecular complexity index is 698. The van der Waals surface area contributed by atoms with E-state index in [1.807, 2.05) is 6.07 Å². The van der Waals surface area contributed by atoms with Gasteiger partial charge in [0.1, 0.15) is 0 Å². The Kier molecular flexibility index (Phi) is 2.70. The molecule has 1 aliphatic carbocycles. The van der Waals surface area contributed by atoms with Gasteiger partial charge in [0, 0.05) is 11.5 Å². The van der Waals surface area contributed by atoms with Crippen molar-refractivity contribution < 1.29 is 18.3 Å². The molecule has 0 radical (unpaired) electrons. The van der Waals surface area contributed by atoms with Crippen LogP contribution in [0, 0.1) is 0 Å². The number of fused-ring (bicyclic) bond motifs is 2. The highest BCUT2D eigenvalue weighted by Crippen LogP contribution is 2.48. The van der Waals surface area contributed by atoms with Crippen LogP contribution in [0.4, 0.5) is 8.78 Å². The van der Waals surface area contributed by atoms with Crippen LogP contribution in [0.2, 0.25) is 0 Å². The van der Waals surface area contributed by atoms with Gasteiger partial charge in [-0.3, -0.25) is 4.90 Å². The zero-order valence-corrected chi connectivity index (χ0v) is 12.5. The summed E-state index contributed by atoms with van der Waals surface area (Å²) in [7, 11) is 2.09. The fourth-order valence-electron chi connectivity index (χ4n) is 3.73. The number of hydrogen-bond acceptors (Lipinski definition) is 3. The van der Waals surface area contributed by atoms with Gasteiger partial charge in [-0.1, -0.05) is 29.9 Å². The summed E-state index contributed by atoms with van der Waals surface area (Å²) in [5.41, 5.74) is 2.02. The number of ether oxygens (including phenoxy) is 2. The minimum absolute atomic E-state index is 0.0968. The number of rotatable bonds is 1. The van der Waals surface area contributed by atoms with Crippen molar-refractivity contribution in [2.24, 2.45) is 0 Å². The Morgan fingerprint density at radius 1 is 1.23 bits per heavy atom. The van der Waals surface area contributed by atoms with Crippen molar-refractivity contribution in [2.75, 3.05) is 13.6 Å². The van der Waals surface area contributed by atoms with Crippen LogP contribution in [-0.2, 0) is 5.41 Å². The monoisotopic (exact) mass is 305 g/mol. The number of likely N-dealkylation sites (N-methyl/N-ethyl adjacent to an activating group) is 1. The fraction of sp³-hybridized carbons (Fsp3) is 0.412. The number of likely N-dealkylation sites (tertiary alicyclic amines) is 1. The van der Waals surface area contributed by atoms with Crippen LogP contribution in [0.3, 0.4) is 0 Å². The van der Waals surface area contributed by atoms with E-state index in [-0.39, 0.29) is 23.0 Å². The standard InChI is InChI=1S/C17H17F2NO2/c1-11-5-6-16(7-8-20(2)15(16)9-11)12-3-4-13-14(10-12)22-17(18,19)21-13/h3-6,9-10,15H,7-8H2,1-2H3/t15-,16?/m0/s1. The van der Waals surface area contributed by atoms with Crippen molar-refractivity contribution in [3.8, 4) is 11.5 Å². The Balaban J connectivity index is 1.78. The van der Waals surface area contributed by atoms with Crippen LogP contribution in [-0.4, -0.2) is 30.8 Å². The molecule has 2 atom stereocenters. The highest BCUT2D eigenvalue weighted by Gasteiger charge is 2.48. The Hall–Kier alpha value is -1.88. The van der Waals surface area contributed by atoms with Crippen LogP contribution >= 0.6 is 0 Å². The smallest absolute Gasteiger partial charge is 0.395 e. The molecule has 0 bridgehead atoms. The van der Waals surface area contributed by atoms with E-state index in [2.05, 4.69) is 46.6 Å². The summed E-state index contributed by atoms with van der Waals surface area (Å²) in [6.45, 7) is 3.04. The van der Waals surface area contributed by atoms with E-state index in [0.717, 1.165) is 18.5 Å². The van der Waals surface area contributed by atoms with Crippen LogP contribution in [0.25, 0.3) is 0 Å². The molecule has 1 aromatic rings. The number of alkyl halides is 2. The van der Waals surface area contributed by atoms with Gasteiger partial charge in [0.15, 0.2) is 11.5 Å². The quantitative estimate of drug-likeness (QED) is 0.793. The van der Waals surface area contributed by atoms with Crippen LogP contribution in [0.5, 0.6) is 11.5 Å². The van der Waals surface area contributed by atoms with Crippen LogP contribution in [0.15, 0.2) is 42.0 Å². The molecule has 0 N–H and O–H groups in total. The largest absolute Gasteiger partial charge is 0.586 e. The van der Waals surface area contributed by atoms with Crippen LogP contribution < -0.4 is 9.47 Å². The molecule has 2 heterocycles. The van der Waals surface area contributed by atoms with E-state index in [1.54, 1.807) is 12.1 Å². The van der Waals surface area contributed by atoms with Crippen molar-refractivity contribution in [3.63, 3.8) is 0 Å². The maximum atomic E-state index is 13.2. The maximum absolute atomic E-state index is 13.2. The van der Waals surface area contributed by atoms with Crippen molar-refractivity contribution >= 4 is 0 Å². The third kappa shape index (κ3) is 1.88. The first-order chi connectivity index (χ1) is 10.4. The first kappa shape index (κ1) is 13.8.